The quantitative estimate of drug-likeness (QED) is 0.661. The molecule has 0 aromatic carbocycles. The molecule has 5 rings (SSSR count). The van der Waals surface area contributed by atoms with Crippen molar-refractivity contribution in [3.8, 4) is 0 Å². The first-order valence-electron chi connectivity index (χ1n) is 7.02. The lowest BCUT2D eigenvalue weighted by Crippen LogP contribution is -2.78. The van der Waals surface area contributed by atoms with Gasteiger partial charge in [-0.1, -0.05) is 6.92 Å². The van der Waals surface area contributed by atoms with Crippen LogP contribution in [0.2, 0.25) is 0 Å². The minimum absolute atomic E-state index is 0.685. The molecule has 17 heavy (non-hydrogen) atoms. The lowest BCUT2D eigenvalue weighted by atomic mass is 10.1. The molecule has 5 heteroatoms. The number of hydrogen-bond acceptors (Lipinski definition) is 5. The predicted molar refractivity (Wildman–Crippen MR) is 65.7 cm³/mol. The molecule has 5 saturated heterocycles. The summed E-state index contributed by atoms with van der Waals surface area (Å²) in [6, 6.07) is 0.780. The summed E-state index contributed by atoms with van der Waals surface area (Å²) in [5, 5.41) is 0. The average Bonchev–Trinajstić information content (AvgIpc) is 2.75. The van der Waals surface area contributed by atoms with Crippen molar-refractivity contribution < 1.29 is 0 Å². The molecular formula is C12H23N5. The molecule has 0 aromatic heterocycles. The van der Waals surface area contributed by atoms with Crippen molar-refractivity contribution in [3.63, 3.8) is 0 Å². The van der Waals surface area contributed by atoms with E-state index in [-0.39, 0.29) is 0 Å². The highest BCUT2D eigenvalue weighted by atomic mass is 15.7. The van der Waals surface area contributed by atoms with Crippen LogP contribution < -0.4 is 0 Å². The van der Waals surface area contributed by atoms with Crippen LogP contribution in [0.1, 0.15) is 19.8 Å². The second kappa shape index (κ2) is 3.90. The Morgan fingerprint density at radius 3 is 2.18 bits per heavy atom. The van der Waals surface area contributed by atoms with Gasteiger partial charge < -0.3 is 0 Å². The minimum Gasteiger partial charge on any atom is -0.298 e. The van der Waals surface area contributed by atoms with Gasteiger partial charge in [0.05, 0.1) is 39.5 Å². The monoisotopic (exact) mass is 237 g/mol. The molecule has 0 radical (unpaired) electrons. The van der Waals surface area contributed by atoms with Crippen molar-refractivity contribution >= 4 is 0 Å². The number of rotatable bonds is 2. The molecular weight excluding hydrogens is 214 g/mol. The van der Waals surface area contributed by atoms with E-state index >= 15 is 0 Å². The van der Waals surface area contributed by atoms with Gasteiger partial charge in [0.25, 0.3) is 0 Å². The normalized spacial score (nSPS) is 53.5. The topological polar surface area (TPSA) is 16.2 Å². The van der Waals surface area contributed by atoms with Crippen LogP contribution in [0.15, 0.2) is 0 Å². The molecule has 5 nitrogen and oxygen atoms in total. The van der Waals surface area contributed by atoms with E-state index in [1.54, 1.807) is 0 Å². The zero-order valence-electron chi connectivity index (χ0n) is 10.8. The molecule has 5 fully saturated rings. The third-order valence-electron chi connectivity index (χ3n) is 4.84. The highest BCUT2D eigenvalue weighted by molar-refractivity contribution is 4.96. The maximum atomic E-state index is 2.69. The second-order valence-corrected chi connectivity index (χ2v) is 5.98. The SMILES string of the molecule is CCN1CCC[C@@H]1C1N2CN3CN(C2)CN1C3. The van der Waals surface area contributed by atoms with Gasteiger partial charge in [-0.3, -0.25) is 24.5 Å². The van der Waals surface area contributed by atoms with E-state index in [0.717, 1.165) is 6.04 Å². The predicted octanol–water partition coefficient (Wildman–Crippen LogP) is -0.167. The summed E-state index contributed by atoms with van der Waals surface area (Å²) in [5.41, 5.74) is 0. The maximum absolute atomic E-state index is 2.69. The Morgan fingerprint density at radius 2 is 1.59 bits per heavy atom. The van der Waals surface area contributed by atoms with Crippen molar-refractivity contribution in [2.24, 2.45) is 0 Å². The summed E-state index contributed by atoms with van der Waals surface area (Å²) < 4.78 is 0. The van der Waals surface area contributed by atoms with E-state index in [9.17, 15) is 0 Å². The van der Waals surface area contributed by atoms with Crippen molar-refractivity contribution in [1.82, 2.24) is 24.5 Å². The number of nitrogens with zero attached hydrogens (tertiary/aromatic N) is 5. The summed E-state index contributed by atoms with van der Waals surface area (Å²) in [5.74, 6) is 0. The summed E-state index contributed by atoms with van der Waals surface area (Å²) in [6.45, 7) is 10.8. The molecule has 0 aliphatic carbocycles. The van der Waals surface area contributed by atoms with Gasteiger partial charge >= 0.3 is 0 Å². The smallest absolute Gasteiger partial charge is 0.0824 e. The van der Waals surface area contributed by atoms with Crippen molar-refractivity contribution in [1.29, 1.82) is 0 Å². The third-order valence-corrected chi connectivity index (χ3v) is 4.84. The number of likely N-dealkylation sites (tertiary alicyclic amines) is 1. The van der Waals surface area contributed by atoms with Crippen LogP contribution in [0.25, 0.3) is 0 Å². The molecule has 5 aliphatic rings. The molecule has 0 unspecified atom stereocenters. The van der Waals surface area contributed by atoms with E-state index in [4.69, 9.17) is 0 Å². The molecule has 5 heterocycles. The first-order chi connectivity index (χ1) is 8.35. The van der Waals surface area contributed by atoms with Crippen molar-refractivity contribution in [2.75, 3.05) is 46.4 Å². The minimum atomic E-state index is 0.685. The van der Waals surface area contributed by atoms with E-state index in [1.807, 2.05) is 0 Å². The molecule has 96 valence electrons. The molecule has 0 spiro atoms. The first kappa shape index (κ1) is 10.7. The van der Waals surface area contributed by atoms with Crippen LogP contribution in [0.3, 0.4) is 0 Å². The van der Waals surface area contributed by atoms with Gasteiger partial charge in [-0.05, 0) is 25.9 Å². The van der Waals surface area contributed by atoms with Crippen LogP contribution in [0, 0.1) is 0 Å². The summed E-state index contributed by atoms with van der Waals surface area (Å²) >= 11 is 0. The highest BCUT2D eigenvalue weighted by Crippen LogP contribution is 2.33. The summed E-state index contributed by atoms with van der Waals surface area (Å²) in [7, 11) is 0. The zero-order chi connectivity index (χ0) is 11.4. The van der Waals surface area contributed by atoms with Crippen molar-refractivity contribution in [3.05, 3.63) is 0 Å². The van der Waals surface area contributed by atoms with Gasteiger partial charge in [-0.25, -0.2) is 0 Å². The molecule has 0 saturated carbocycles. The lowest BCUT2D eigenvalue weighted by molar-refractivity contribution is -0.242. The second-order valence-electron chi connectivity index (χ2n) is 5.98. The fourth-order valence-electron chi connectivity index (χ4n) is 4.30. The van der Waals surface area contributed by atoms with E-state index in [2.05, 4.69) is 31.4 Å². The summed E-state index contributed by atoms with van der Waals surface area (Å²) in [4.78, 5) is 13.1. The molecule has 0 amide bonds. The molecule has 4 bridgehead atoms. The largest absolute Gasteiger partial charge is 0.298 e. The van der Waals surface area contributed by atoms with Gasteiger partial charge in [-0.15, -0.1) is 0 Å². The maximum Gasteiger partial charge on any atom is 0.0824 e. The lowest BCUT2D eigenvalue weighted by Gasteiger charge is -2.62. The van der Waals surface area contributed by atoms with Crippen molar-refractivity contribution in [2.45, 2.75) is 32.0 Å². The van der Waals surface area contributed by atoms with Gasteiger partial charge in [0.2, 0.25) is 0 Å². The van der Waals surface area contributed by atoms with Crippen LogP contribution in [-0.4, -0.2) is 83.1 Å². The Hall–Kier alpha value is -0.200. The Balaban J connectivity index is 1.57. The van der Waals surface area contributed by atoms with Crippen LogP contribution >= 0.6 is 0 Å². The molecule has 0 aromatic rings. The van der Waals surface area contributed by atoms with Crippen LogP contribution in [0.4, 0.5) is 0 Å². The Bertz CT molecular complexity index is 279. The number of hydrogen-bond donors (Lipinski definition) is 0. The number of likely N-dealkylation sites (N-methyl/N-ethyl adjacent to an activating group) is 1. The molecule has 0 N–H and O–H groups in total. The van der Waals surface area contributed by atoms with Gasteiger partial charge in [-0.2, -0.15) is 0 Å². The standard InChI is InChI=1S/C12H23N5/c1-2-15-5-3-4-11(15)12-16-7-13-6-14(9-16)10-17(12)8-13/h11-12H,2-10H2,1H3/t11-/m1/s1. The van der Waals surface area contributed by atoms with E-state index in [0.29, 0.717) is 6.17 Å². The highest BCUT2D eigenvalue weighted by Gasteiger charge is 2.48. The molecule has 5 aliphatic heterocycles. The van der Waals surface area contributed by atoms with E-state index < -0.39 is 0 Å². The van der Waals surface area contributed by atoms with Gasteiger partial charge in [0.1, 0.15) is 0 Å². The first-order valence-corrected chi connectivity index (χ1v) is 7.02. The Morgan fingerprint density at radius 1 is 0.941 bits per heavy atom. The van der Waals surface area contributed by atoms with Gasteiger partial charge in [0.15, 0.2) is 0 Å². The fourth-order valence-corrected chi connectivity index (χ4v) is 4.30. The van der Waals surface area contributed by atoms with Crippen LogP contribution in [0.5, 0.6) is 0 Å². The average molecular weight is 237 g/mol. The van der Waals surface area contributed by atoms with E-state index in [1.165, 1.54) is 59.3 Å². The third kappa shape index (κ3) is 1.57. The fraction of sp³-hybridized carbons (Fsp3) is 1.00. The zero-order valence-corrected chi connectivity index (χ0v) is 10.8. The Labute approximate surface area is 104 Å². The van der Waals surface area contributed by atoms with Crippen LogP contribution in [-0.2, 0) is 0 Å². The summed E-state index contributed by atoms with van der Waals surface area (Å²) in [6.07, 6.45) is 3.47. The Kier molecular flexibility index (Phi) is 2.45. The molecule has 1 atom stereocenters. The van der Waals surface area contributed by atoms with Gasteiger partial charge in [0, 0.05) is 6.04 Å².